The molecule has 2 heterocycles. The van der Waals surface area contributed by atoms with Crippen LogP contribution >= 0.6 is 15.9 Å². The number of hydrogen-bond donors (Lipinski definition) is 1. The molecule has 0 bridgehead atoms. The molecule has 0 atom stereocenters. The van der Waals surface area contributed by atoms with Gasteiger partial charge < -0.3 is 10.2 Å². The van der Waals surface area contributed by atoms with Crippen molar-refractivity contribution in [2.75, 3.05) is 5.73 Å². The summed E-state index contributed by atoms with van der Waals surface area (Å²) in [5.41, 5.74) is 7.42. The van der Waals surface area contributed by atoms with Gasteiger partial charge in [-0.2, -0.15) is 0 Å². The van der Waals surface area contributed by atoms with Crippen molar-refractivity contribution in [1.82, 2.24) is 9.97 Å². The second-order valence-corrected chi connectivity index (χ2v) is 4.82. The van der Waals surface area contributed by atoms with E-state index in [1.54, 1.807) is 12.3 Å². The maximum absolute atomic E-state index is 5.84. The Morgan fingerprint density at radius 1 is 1.05 bits per heavy atom. The molecule has 0 unspecified atom stereocenters. The molecular formula is C14H10BrN3O. The summed E-state index contributed by atoms with van der Waals surface area (Å²) >= 11 is 3.41. The van der Waals surface area contributed by atoms with Crippen LogP contribution in [0.15, 0.2) is 57.6 Å². The third kappa shape index (κ3) is 2.37. The van der Waals surface area contributed by atoms with Crippen molar-refractivity contribution in [2.24, 2.45) is 0 Å². The molecule has 0 aliphatic heterocycles. The summed E-state index contributed by atoms with van der Waals surface area (Å²) in [6, 6.07) is 13.2. The quantitative estimate of drug-likeness (QED) is 0.782. The molecular weight excluding hydrogens is 306 g/mol. The fourth-order valence-corrected chi connectivity index (χ4v) is 2.18. The SMILES string of the molecule is Nc1cc(-c2occc2Br)nc(-c2ccccc2)n1. The van der Waals surface area contributed by atoms with Crippen molar-refractivity contribution < 1.29 is 4.42 Å². The van der Waals surface area contributed by atoms with Crippen LogP contribution in [0.25, 0.3) is 22.8 Å². The van der Waals surface area contributed by atoms with Crippen LogP contribution in [0, 0.1) is 0 Å². The van der Waals surface area contributed by atoms with Gasteiger partial charge in [-0.3, -0.25) is 0 Å². The molecule has 1 aromatic carbocycles. The topological polar surface area (TPSA) is 64.9 Å². The van der Waals surface area contributed by atoms with Crippen molar-refractivity contribution >= 4 is 21.7 Å². The van der Waals surface area contributed by atoms with Crippen LogP contribution in [0.5, 0.6) is 0 Å². The fourth-order valence-electron chi connectivity index (χ4n) is 1.78. The van der Waals surface area contributed by atoms with Gasteiger partial charge in [-0.15, -0.1) is 0 Å². The van der Waals surface area contributed by atoms with E-state index < -0.39 is 0 Å². The third-order valence-electron chi connectivity index (χ3n) is 2.63. The van der Waals surface area contributed by atoms with E-state index in [0.29, 0.717) is 23.1 Å². The van der Waals surface area contributed by atoms with Gasteiger partial charge in [0.25, 0.3) is 0 Å². The van der Waals surface area contributed by atoms with Gasteiger partial charge >= 0.3 is 0 Å². The first-order valence-corrected chi connectivity index (χ1v) is 6.46. The van der Waals surface area contributed by atoms with Gasteiger partial charge in [-0.05, 0) is 22.0 Å². The Morgan fingerprint density at radius 3 is 2.53 bits per heavy atom. The monoisotopic (exact) mass is 315 g/mol. The highest BCUT2D eigenvalue weighted by Gasteiger charge is 2.12. The van der Waals surface area contributed by atoms with Gasteiger partial charge in [0.05, 0.1) is 10.7 Å². The lowest BCUT2D eigenvalue weighted by Gasteiger charge is -2.04. The summed E-state index contributed by atoms with van der Waals surface area (Å²) in [5, 5.41) is 0. The van der Waals surface area contributed by atoms with Gasteiger partial charge in [0.1, 0.15) is 11.5 Å². The summed E-state index contributed by atoms with van der Waals surface area (Å²) in [7, 11) is 0. The maximum atomic E-state index is 5.84. The fraction of sp³-hybridized carbons (Fsp3) is 0. The van der Waals surface area contributed by atoms with E-state index in [0.717, 1.165) is 10.0 Å². The number of halogens is 1. The molecule has 4 nitrogen and oxygen atoms in total. The van der Waals surface area contributed by atoms with Crippen LogP contribution in [0.2, 0.25) is 0 Å². The summed E-state index contributed by atoms with van der Waals surface area (Å²) in [4.78, 5) is 8.75. The van der Waals surface area contributed by atoms with Crippen LogP contribution < -0.4 is 5.73 Å². The minimum absolute atomic E-state index is 0.409. The molecule has 0 aliphatic carbocycles. The molecule has 3 aromatic rings. The van der Waals surface area contributed by atoms with Gasteiger partial charge in [0.2, 0.25) is 0 Å². The van der Waals surface area contributed by atoms with Crippen LogP contribution in [-0.4, -0.2) is 9.97 Å². The second-order valence-electron chi connectivity index (χ2n) is 3.97. The number of benzene rings is 1. The van der Waals surface area contributed by atoms with E-state index in [4.69, 9.17) is 10.2 Å². The highest BCUT2D eigenvalue weighted by Crippen LogP contribution is 2.30. The summed E-state index contributed by atoms with van der Waals surface area (Å²) in [6.07, 6.45) is 1.60. The standard InChI is InChI=1S/C14H10BrN3O/c15-10-6-7-19-13(10)11-8-12(16)18-14(17-11)9-4-2-1-3-5-9/h1-8H,(H2,16,17,18). The van der Waals surface area contributed by atoms with E-state index in [-0.39, 0.29) is 0 Å². The van der Waals surface area contributed by atoms with E-state index in [2.05, 4.69) is 25.9 Å². The first-order valence-electron chi connectivity index (χ1n) is 5.67. The molecule has 0 saturated carbocycles. The molecule has 2 aromatic heterocycles. The molecule has 0 radical (unpaired) electrons. The van der Waals surface area contributed by atoms with Crippen molar-refractivity contribution in [3.8, 4) is 22.8 Å². The lowest BCUT2D eigenvalue weighted by atomic mass is 10.2. The Hall–Kier alpha value is -2.14. The van der Waals surface area contributed by atoms with Crippen LogP contribution in [0.1, 0.15) is 0 Å². The highest BCUT2D eigenvalue weighted by molar-refractivity contribution is 9.10. The number of furan rings is 1. The van der Waals surface area contributed by atoms with E-state index >= 15 is 0 Å². The third-order valence-corrected chi connectivity index (χ3v) is 3.25. The van der Waals surface area contributed by atoms with Crippen LogP contribution in [0.3, 0.4) is 0 Å². The maximum Gasteiger partial charge on any atom is 0.166 e. The average Bonchev–Trinajstić information content (AvgIpc) is 2.85. The predicted molar refractivity (Wildman–Crippen MR) is 77.3 cm³/mol. The number of hydrogen-bond acceptors (Lipinski definition) is 4. The minimum Gasteiger partial charge on any atom is -0.461 e. The van der Waals surface area contributed by atoms with Crippen molar-refractivity contribution in [3.63, 3.8) is 0 Å². The molecule has 0 aliphatic rings. The molecule has 5 heteroatoms. The predicted octanol–water partition coefficient (Wildman–Crippen LogP) is 3.75. The molecule has 0 spiro atoms. The molecule has 0 amide bonds. The Kier molecular flexibility index (Phi) is 3.05. The number of rotatable bonds is 2. The van der Waals surface area contributed by atoms with Gasteiger partial charge in [-0.25, -0.2) is 9.97 Å². The zero-order valence-electron chi connectivity index (χ0n) is 9.88. The minimum atomic E-state index is 0.409. The van der Waals surface area contributed by atoms with Crippen molar-refractivity contribution in [2.45, 2.75) is 0 Å². The first-order chi connectivity index (χ1) is 9.24. The lowest BCUT2D eigenvalue weighted by Crippen LogP contribution is -1.97. The van der Waals surface area contributed by atoms with Gasteiger partial charge in [-0.1, -0.05) is 30.3 Å². The summed E-state index contributed by atoms with van der Waals surface area (Å²) < 4.78 is 6.24. The van der Waals surface area contributed by atoms with Crippen molar-refractivity contribution in [1.29, 1.82) is 0 Å². The Bertz CT molecular complexity index is 710. The van der Waals surface area contributed by atoms with E-state index in [9.17, 15) is 0 Å². The average molecular weight is 316 g/mol. The zero-order chi connectivity index (χ0) is 13.2. The molecule has 0 fully saturated rings. The molecule has 94 valence electrons. The normalized spacial score (nSPS) is 10.6. The van der Waals surface area contributed by atoms with E-state index in [1.807, 2.05) is 36.4 Å². The smallest absolute Gasteiger partial charge is 0.166 e. The molecule has 2 N–H and O–H groups in total. The molecule has 19 heavy (non-hydrogen) atoms. The van der Waals surface area contributed by atoms with Gasteiger partial charge in [0, 0.05) is 11.6 Å². The summed E-state index contributed by atoms with van der Waals surface area (Å²) in [6.45, 7) is 0. The Balaban J connectivity index is 2.14. The van der Waals surface area contributed by atoms with Crippen molar-refractivity contribution in [3.05, 3.63) is 53.2 Å². The largest absolute Gasteiger partial charge is 0.461 e. The van der Waals surface area contributed by atoms with Crippen LogP contribution in [0.4, 0.5) is 5.82 Å². The highest BCUT2D eigenvalue weighted by atomic mass is 79.9. The lowest BCUT2D eigenvalue weighted by molar-refractivity contribution is 0.579. The number of nitrogens with zero attached hydrogens (tertiary/aromatic N) is 2. The number of anilines is 1. The Labute approximate surface area is 118 Å². The molecule has 3 rings (SSSR count). The van der Waals surface area contributed by atoms with Crippen LogP contribution in [-0.2, 0) is 0 Å². The number of nitrogen functional groups attached to an aromatic ring is 1. The Morgan fingerprint density at radius 2 is 1.84 bits per heavy atom. The second kappa shape index (κ2) is 4.85. The molecule has 0 saturated heterocycles. The first kappa shape index (κ1) is 11.9. The number of nitrogens with two attached hydrogens (primary N) is 1. The zero-order valence-corrected chi connectivity index (χ0v) is 11.5. The van der Waals surface area contributed by atoms with E-state index in [1.165, 1.54) is 0 Å². The number of aromatic nitrogens is 2. The van der Waals surface area contributed by atoms with Gasteiger partial charge in [0.15, 0.2) is 11.6 Å². The summed E-state index contributed by atoms with van der Waals surface area (Å²) in [5.74, 6) is 1.64.